The second-order valence-corrected chi connectivity index (χ2v) is 4.09. The van der Waals surface area contributed by atoms with Crippen LogP contribution in [0.15, 0.2) is 18.2 Å². The van der Waals surface area contributed by atoms with Gasteiger partial charge in [0.1, 0.15) is 0 Å². The van der Waals surface area contributed by atoms with Crippen molar-refractivity contribution in [1.82, 2.24) is 0 Å². The van der Waals surface area contributed by atoms with Crippen LogP contribution >= 0.6 is 23.2 Å². The first-order valence-electron chi connectivity index (χ1n) is 4.55. The Morgan fingerprint density at radius 1 is 1.43 bits per heavy atom. The van der Waals surface area contributed by atoms with Crippen LogP contribution in [0.4, 0.5) is 5.69 Å². The minimum absolute atomic E-state index is 0.302. The molecule has 1 unspecified atom stereocenters. The van der Waals surface area contributed by atoms with Crippen LogP contribution in [0, 0.1) is 0 Å². The van der Waals surface area contributed by atoms with Crippen LogP contribution in [0.3, 0.4) is 0 Å². The summed E-state index contributed by atoms with van der Waals surface area (Å²) in [6.45, 7) is 2.72. The second kappa shape index (κ2) is 5.44. The molecule has 0 spiro atoms. The van der Waals surface area contributed by atoms with Gasteiger partial charge in [0, 0.05) is 11.1 Å². The maximum atomic E-state index is 5.99. The number of nitrogens with two attached hydrogens (primary N) is 1. The summed E-state index contributed by atoms with van der Waals surface area (Å²) in [6.07, 6.45) is 0.906. The molecule has 0 bridgehead atoms. The maximum Gasteiger partial charge on any atom is 0.0638 e. The summed E-state index contributed by atoms with van der Waals surface area (Å²) < 4.78 is 0. The number of benzene rings is 1. The average Bonchev–Trinajstić information content (AvgIpc) is 2.12. The molecule has 0 amide bonds. The molecule has 0 aliphatic heterocycles. The fourth-order valence-corrected chi connectivity index (χ4v) is 1.54. The molecular formula is C10H14Cl2N2. The van der Waals surface area contributed by atoms with Crippen molar-refractivity contribution < 1.29 is 0 Å². The highest BCUT2D eigenvalue weighted by Gasteiger charge is 2.04. The third-order valence-corrected chi connectivity index (χ3v) is 2.49. The summed E-state index contributed by atoms with van der Waals surface area (Å²) in [5.74, 6) is 0. The highest BCUT2D eigenvalue weighted by molar-refractivity contribution is 6.35. The van der Waals surface area contributed by atoms with Gasteiger partial charge in [0.25, 0.3) is 0 Å². The fourth-order valence-electron chi connectivity index (χ4n) is 1.20. The van der Waals surface area contributed by atoms with Gasteiger partial charge in [-0.3, -0.25) is 0 Å². The lowest BCUT2D eigenvalue weighted by molar-refractivity contribution is 0.717. The Bertz CT molecular complexity index is 302. The first-order valence-corrected chi connectivity index (χ1v) is 5.30. The summed E-state index contributed by atoms with van der Waals surface area (Å²) in [5.41, 5.74) is 6.31. The molecule has 0 saturated carbocycles. The van der Waals surface area contributed by atoms with E-state index in [1.807, 2.05) is 6.07 Å². The van der Waals surface area contributed by atoms with Gasteiger partial charge in [-0.15, -0.1) is 0 Å². The molecule has 0 aliphatic rings. The van der Waals surface area contributed by atoms with Crippen molar-refractivity contribution in [2.75, 3.05) is 11.9 Å². The van der Waals surface area contributed by atoms with Crippen molar-refractivity contribution >= 4 is 28.9 Å². The lowest BCUT2D eigenvalue weighted by Crippen LogP contribution is -2.19. The molecule has 3 N–H and O–H groups in total. The smallest absolute Gasteiger partial charge is 0.0638 e. The Morgan fingerprint density at radius 3 is 2.79 bits per heavy atom. The third kappa shape index (κ3) is 3.37. The number of nitrogens with one attached hydrogen (secondary N) is 1. The largest absolute Gasteiger partial charge is 0.381 e. The van der Waals surface area contributed by atoms with E-state index in [1.165, 1.54) is 0 Å². The Hall–Kier alpha value is -0.440. The Kier molecular flexibility index (Phi) is 4.52. The third-order valence-electron chi connectivity index (χ3n) is 1.93. The van der Waals surface area contributed by atoms with E-state index in [2.05, 4.69) is 12.2 Å². The molecule has 2 nitrogen and oxygen atoms in total. The summed E-state index contributed by atoms with van der Waals surface area (Å²) in [5, 5.41) is 4.61. The molecular weight excluding hydrogens is 219 g/mol. The van der Waals surface area contributed by atoms with E-state index in [1.54, 1.807) is 12.1 Å². The van der Waals surface area contributed by atoms with E-state index >= 15 is 0 Å². The van der Waals surface area contributed by atoms with Gasteiger partial charge in [-0.2, -0.15) is 0 Å². The standard InChI is InChI=1S/C10H14Cl2N2/c1-7(4-5-13)14-10-6-8(11)2-3-9(10)12/h2-3,6-7,14H,4-5,13H2,1H3. The number of rotatable bonds is 4. The van der Waals surface area contributed by atoms with E-state index < -0.39 is 0 Å². The Morgan fingerprint density at radius 2 is 2.14 bits per heavy atom. The van der Waals surface area contributed by atoms with Gasteiger partial charge < -0.3 is 11.1 Å². The molecule has 14 heavy (non-hydrogen) atoms. The Labute approximate surface area is 94.4 Å². The van der Waals surface area contributed by atoms with Crippen molar-refractivity contribution in [3.05, 3.63) is 28.2 Å². The van der Waals surface area contributed by atoms with Gasteiger partial charge >= 0.3 is 0 Å². The second-order valence-electron chi connectivity index (χ2n) is 3.25. The molecule has 1 atom stereocenters. The molecule has 0 heterocycles. The molecule has 78 valence electrons. The van der Waals surface area contributed by atoms with Gasteiger partial charge in [0.05, 0.1) is 10.7 Å². The van der Waals surface area contributed by atoms with Gasteiger partial charge in [-0.05, 0) is 38.1 Å². The highest BCUT2D eigenvalue weighted by atomic mass is 35.5. The molecule has 1 aromatic carbocycles. The van der Waals surface area contributed by atoms with Crippen LogP contribution in [-0.4, -0.2) is 12.6 Å². The van der Waals surface area contributed by atoms with E-state index in [4.69, 9.17) is 28.9 Å². The molecule has 4 heteroatoms. The van der Waals surface area contributed by atoms with Crippen LogP contribution in [0.25, 0.3) is 0 Å². The van der Waals surface area contributed by atoms with Crippen LogP contribution in [0.5, 0.6) is 0 Å². The molecule has 0 saturated heterocycles. The topological polar surface area (TPSA) is 38.0 Å². The zero-order valence-electron chi connectivity index (χ0n) is 8.06. The maximum absolute atomic E-state index is 5.99. The summed E-state index contributed by atoms with van der Waals surface area (Å²) in [4.78, 5) is 0. The van der Waals surface area contributed by atoms with E-state index in [0.29, 0.717) is 22.6 Å². The summed E-state index contributed by atoms with van der Waals surface area (Å²) in [7, 11) is 0. The number of hydrogen-bond acceptors (Lipinski definition) is 2. The quantitative estimate of drug-likeness (QED) is 0.838. The van der Waals surface area contributed by atoms with Crippen molar-refractivity contribution in [3.8, 4) is 0 Å². The highest BCUT2D eigenvalue weighted by Crippen LogP contribution is 2.26. The van der Waals surface area contributed by atoms with Gasteiger partial charge in [-0.25, -0.2) is 0 Å². The van der Waals surface area contributed by atoms with Gasteiger partial charge in [-0.1, -0.05) is 23.2 Å². The molecule has 1 aromatic rings. The number of anilines is 1. The SMILES string of the molecule is CC(CCN)Nc1cc(Cl)ccc1Cl. The summed E-state index contributed by atoms with van der Waals surface area (Å²) >= 11 is 11.8. The number of halogens is 2. The average molecular weight is 233 g/mol. The summed E-state index contributed by atoms with van der Waals surface area (Å²) in [6, 6.07) is 5.66. The first kappa shape index (κ1) is 11.6. The van der Waals surface area contributed by atoms with Crippen molar-refractivity contribution in [1.29, 1.82) is 0 Å². The normalized spacial score (nSPS) is 12.6. The monoisotopic (exact) mass is 232 g/mol. The van der Waals surface area contributed by atoms with E-state index in [0.717, 1.165) is 12.1 Å². The van der Waals surface area contributed by atoms with Crippen LogP contribution in [0.2, 0.25) is 10.0 Å². The molecule has 0 aliphatic carbocycles. The predicted molar refractivity (Wildman–Crippen MR) is 63.2 cm³/mol. The van der Waals surface area contributed by atoms with Crippen LogP contribution in [0.1, 0.15) is 13.3 Å². The zero-order chi connectivity index (χ0) is 10.6. The van der Waals surface area contributed by atoms with E-state index in [-0.39, 0.29) is 0 Å². The number of hydrogen-bond donors (Lipinski definition) is 2. The predicted octanol–water partition coefficient (Wildman–Crippen LogP) is 3.14. The lowest BCUT2D eigenvalue weighted by atomic mass is 10.2. The van der Waals surface area contributed by atoms with E-state index in [9.17, 15) is 0 Å². The minimum atomic E-state index is 0.302. The Balaban J connectivity index is 2.70. The fraction of sp³-hybridized carbons (Fsp3) is 0.400. The van der Waals surface area contributed by atoms with Crippen molar-refractivity contribution in [3.63, 3.8) is 0 Å². The lowest BCUT2D eigenvalue weighted by Gasteiger charge is -2.15. The van der Waals surface area contributed by atoms with Crippen LogP contribution < -0.4 is 11.1 Å². The van der Waals surface area contributed by atoms with Gasteiger partial charge in [0.15, 0.2) is 0 Å². The molecule has 0 radical (unpaired) electrons. The van der Waals surface area contributed by atoms with Crippen molar-refractivity contribution in [2.45, 2.75) is 19.4 Å². The molecule has 0 aromatic heterocycles. The minimum Gasteiger partial charge on any atom is -0.381 e. The zero-order valence-corrected chi connectivity index (χ0v) is 9.57. The molecule has 1 rings (SSSR count). The van der Waals surface area contributed by atoms with Crippen molar-refractivity contribution in [2.24, 2.45) is 5.73 Å². The molecule has 0 fully saturated rings. The van der Waals surface area contributed by atoms with Gasteiger partial charge in [0.2, 0.25) is 0 Å². The van der Waals surface area contributed by atoms with Crippen LogP contribution in [-0.2, 0) is 0 Å². The first-order chi connectivity index (χ1) is 6.63.